The molecule has 1 heterocycles. The number of ether oxygens (including phenoxy) is 3. The van der Waals surface area contributed by atoms with Crippen LogP contribution in [0.2, 0.25) is 0 Å². The Morgan fingerprint density at radius 1 is 0.865 bits per heavy atom. The summed E-state index contributed by atoms with van der Waals surface area (Å²) in [5.41, 5.74) is -1.43. The summed E-state index contributed by atoms with van der Waals surface area (Å²) in [5.74, 6) is 0.376. The molecule has 1 aliphatic rings. The van der Waals surface area contributed by atoms with Crippen LogP contribution in [0, 0.1) is 11.8 Å². The zero-order valence-corrected chi connectivity index (χ0v) is 25.0. The van der Waals surface area contributed by atoms with E-state index in [4.69, 9.17) is 14.2 Å². The van der Waals surface area contributed by atoms with E-state index in [-0.39, 0.29) is 13.0 Å². The molecular formula is C28H52N2O7. The Hall–Kier alpha value is -2.42. The predicted octanol–water partition coefficient (Wildman–Crippen LogP) is 5.60. The number of amides is 2. The molecule has 0 saturated carbocycles. The second kappa shape index (κ2) is 13.9. The maximum atomic E-state index is 12.3. The number of carbonyl (C=O) groups is 4. The van der Waals surface area contributed by atoms with Gasteiger partial charge in [0.1, 0.15) is 16.8 Å². The summed E-state index contributed by atoms with van der Waals surface area (Å²) in [6.07, 6.45) is 0.0283. The fourth-order valence-corrected chi connectivity index (χ4v) is 3.22. The van der Waals surface area contributed by atoms with Crippen molar-refractivity contribution >= 4 is 23.8 Å². The van der Waals surface area contributed by atoms with Crippen molar-refractivity contribution in [1.82, 2.24) is 10.6 Å². The van der Waals surface area contributed by atoms with E-state index in [9.17, 15) is 19.2 Å². The van der Waals surface area contributed by atoms with Gasteiger partial charge in [-0.1, -0.05) is 34.3 Å². The van der Waals surface area contributed by atoms with Crippen molar-refractivity contribution in [3.05, 3.63) is 12.2 Å². The van der Waals surface area contributed by atoms with Crippen molar-refractivity contribution < 1.29 is 34.8 Å². The van der Waals surface area contributed by atoms with Crippen LogP contribution in [0.3, 0.4) is 0 Å². The van der Waals surface area contributed by atoms with Gasteiger partial charge in [0.25, 0.3) is 0 Å². The molecule has 0 bridgehead atoms. The highest BCUT2D eigenvalue weighted by Crippen LogP contribution is 2.29. The minimum absolute atomic E-state index is 0. The van der Waals surface area contributed by atoms with Gasteiger partial charge in [-0.25, -0.2) is 9.59 Å². The lowest BCUT2D eigenvalue weighted by atomic mass is 9.93. The number of Topliss-reactive ketones (excluding diaryl/α,β-unsaturated/α-hetero) is 2. The van der Waals surface area contributed by atoms with Gasteiger partial charge in [-0.3, -0.25) is 9.59 Å². The third-order valence-electron chi connectivity index (χ3n) is 4.95. The highest BCUT2D eigenvalue weighted by atomic mass is 16.6. The summed E-state index contributed by atoms with van der Waals surface area (Å²) in [6.45, 7) is 26.2. The van der Waals surface area contributed by atoms with Crippen LogP contribution in [-0.2, 0) is 23.8 Å². The zero-order valence-electron chi connectivity index (χ0n) is 25.0. The molecule has 1 saturated heterocycles. The van der Waals surface area contributed by atoms with E-state index in [0.717, 1.165) is 0 Å². The molecule has 0 aliphatic carbocycles. The lowest BCUT2D eigenvalue weighted by molar-refractivity contribution is -0.126. The van der Waals surface area contributed by atoms with Crippen LogP contribution in [0.4, 0.5) is 9.59 Å². The zero-order chi connectivity index (χ0) is 29.4. The van der Waals surface area contributed by atoms with Crippen molar-refractivity contribution in [3.63, 3.8) is 0 Å². The topological polar surface area (TPSA) is 123 Å². The number of epoxide rings is 1. The first-order valence-corrected chi connectivity index (χ1v) is 12.9. The van der Waals surface area contributed by atoms with Gasteiger partial charge in [-0.05, 0) is 85.6 Å². The lowest BCUT2D eigenvalue weighted by Crippen LogP contribution is -2.48. The number of hydrogen-bond donors (Lipinski definition) is 2. The van der Waals surface area contributed by atoms with Crippen LogP contribution in [0.1, 0.15) is 97.4 Å². The van der Waals surface area contributed by atoms with Crippen LogP contribution in [0.15, 0.2) is 12.2 Å². The molecule has 9 nitrogen and oxygen atoms in total. The first kappa shape index (κ1) is 34.6. The quantitative estimate of drug-likeness (QED) is 0.279. The molecule has 216 valence electrons. The molecule has 0 unspecified atom stereocenters. The maximum absolute atomic E-state index is 12.3. The molecule has 1 fully saturated rings. The number of rotatable bonds is 10. The van der Waals surface area contributed by atoms with Gasteiger partial charge in [-0.2, -0.15) is 0 Å². The van der Waals surface area contributed by atoms with Gasteiger partial charge in [0.05, 0.1) is 18.7 Å². The first-order chi connectivity index (χ1) is 16.6. The summed E-state index contributed by atoms with van der Waals surface area (Å²) in [7, 11) is 0. The third-order valence-corrected chi connectivity index (χ3v) is 4.95. The monoisotopic (exact) mass is 528 g/mol. The predicted molar refractivity (Wildman–Crippen MR) is 147 cm³/mol. The fourth-order valence-electron chi connectivity index (χ4n) is 3.22. The van der Waals surface area contributed by atoms with Crippen molar-refractivity contribution in [2.75, 3.05) is 6.61 Å². The largest absolute Gasteiger partial charge is 0.444 e. The van der Waals surface area contributed by atoms with Gasteiger partial charge < -0.3 is 24.8 Å². The molecule has 9 heteroatoms. The molecule has 2 N–H and O–H groups in total. The average molecular weight is 529 g/mol. The van der Waals surface area contributed by atoms with E-state index in [1.165, 1.54) is 0 Å². The Morgan fingerprint density at radius 2 is 1.22 bits per heavy atom. The number of nitrogens with one attached hydrogen (secondary N) is 2. The summed E-state index contributed by atoms with van der Waals surface area (Å²) in [5, 5.41) is 5.27. The molecule has 0 aromatic heterocycles. The summed E-state index contributed by atoms with van der Waals surface area (Å²) >= 11 is 0. The Bertz CT molecular complexity index is 822. The van der Waals surface area contributed by atoms with Crippen LogP contribution >= 0.6 is 0 Å². The van der Waals surface area contributed by atoms with Crippen molar-refractivity contribution in [1.29, 1.82) is 0 Å². The summed E-state index contributed by atoms with van der Waals surface area (Å²) in [6, 6.07) is -1.11. The first-order valence-electron chi connectivity index (χ1n) is 12.9. The minimum Gasteiger partial charge on any atom is -0.444 e. The third kappa shape index (κ3) is 15.4. The second-order valence-electron chi connectivity index (χ2n) is 12.7. The molecule has 0 aromatic rings. The number of ketones is 2. The number of alkyl carbamates (subject to hydrolysis) is 2. The number of carbonyl (C=O) groups excluding carboxylic acids is 4. The van der Waals surface area contributed by atoms with E-state index < -0.39 is 41.1 Å². The van der Waals surface area contributed by atoms with Gasteiger partial charge >= 0.3 is 12.2 Å². The Morgan fingerprint density at radius 3 is 1.51 bits per heavy atom. The molecule has 2 amide bonds. The smallest absolute Gasteiger partial charge is 0.408 e. The second-order valence-corrected chi connectivity index (χ2v) is 12.7. The van der Waals surface area contributed by atoms with Crippen molar-refractivity contribution in [2.24, 2.45) is 11.8 Å². The molecule has 37 heavy (non-hydrogen) atoms. The Labute approximate surface area is 224 Å². The molecule has 1 aliphatic heterocycles. The Kier molecular flexibility index (Phi) is 13.0. The highest BCUT2D eigenvalue weighted by molar-refractivity contribution is 6.00. The van der Waals surface area contributed by atoms with Gasteiger partial charge in [0.15, 0.2) is 11.6 Å². The van der Waals surface area contributed by atoms with Crippen LogP contribution in [-0.4, -0.2) is 59.2 Å². The van der Waals surface area contributed by atoms with Crippen LogP contribution in [0.25, 0.3) is 0 Å². The average Bonchev–Trinajstić information content (AvgIpc) is 3.41. The summed E-state index contributed by atoms with van der Waals surface area (Å²) < 4.78 is 15.5. The fraction of sp³-hybridized carbons (Fsp3) is 0.786. The minimum atomic E-state index is -0.728. The van der Waals surface area contributed by atoms with Crippen LogP contribution in [0.5, 0.6) is 0 Å². The number of hydrogen-bond acceptors (Lipinski definition) is 7. The van der Waals surface area contributed by atoms with E-state index in [1.807, 2.05) is 27.7 Å². The van der Waals surface area contributed by atoms with E-state index in [2.05, 4.69) is 17.2 Å². The Balaban J connectivity index is 0. The maximum Gasteiger partial charge on any atom is 0.408 e. The van der Waals surface area contributed by atoms with E-state index >= 15 is 0 Å². The molecule has 0 aromatic carbocycles. The van der Waals surface area contributed by atoms with E-state index in [1.54, 1.807) is 55.4 Å². The van der Waals surface area contributed by atoms with Crippen molar-refractivity contribution in [2.45, 2.75) is 125 Å². The molecular weight excluding hydrogens is 476 g/mol. The highest BCUT2D eigenvalue weighted by Gasteiger charge is 2.50. The normalized spacial score (nSPS) is 18.6. The standard InChI is InChI=1S/C14H25NO4.C14H25NO3.H2/c1-9(2)7-10(11(16)14(6)8-18-14)15-12(17)19-13(3,4)5;1-9(2)8-11(12(16)10(3)4)15-13(17)18-14(5,6)7;/h9-10H,7-8H2,1-6H3,(H,15,17);9,11H,3,8H2,1-2,4-7H3,(H,15,17);1H/t10-,14+;11-;/m00./s1. The lowest BCUT2D eigenvalue weighted by Gasteiger charge is -2.24. The summed E-state index contributed by atoms with van der Waals surface area (Å²) in [4.78, 5) is 47.6. The molecule has 0 spiro atoms. The van der Waals surface area contributed by atoms with E-state index in [0.29, 0.717) is 36.9 Å². The van der Waals surface area contributed by atoms with Crippen LogP contribution < -0.4 is 10.6 Å². The molecule has 0 radical (unpaired) electrons. The molecule has 1 rings (SSSR count). The van der Waals surface area contributed by atoms with Crippen molar-refractivity contribution in [3.8, 4) is 0 Å². The van der Waals surface area contributed by atoms with Gasteiger partial charge in [-0.15, -0.1) is 0 Å². The SMILES string of the molecule is C=C(C)C(=O)[C@H](CC(C)C)NC(=O)OC(C)(C)C.CC(C)C[C@H](NC(=O)OC(C)(C)C)C(=O)[C@@]1(C)CO1.[HH]. The molecule has 3 atom stereocenters. The van der Waals surface area contributed by atoms with Gasteiger partial charge in [0, 0.05) is 1.43 Å². The van der Waals surface area contributed by atoms with Gasteiger partial charge in [0.2, 0.25) is 0 Å².